The Hall–Kier alpha value is 0.217. The average molecular weight is 417 g/mol. The summed E-state index contributed by atoms with van der Waals surface area (Å²) < 4.78 is 0. The maximum absolute atomic E-state index is 2.87. The second kappa shape index (κ2) is 7.67. The van der Waals surface area contributed by atoms with Gasteiger partial charge >= 0.3 is 0 Å². The van der Waals surface area contributed by atoms with Gasteiger partial charge in [-0.15, -0.1) is 0 Å². The van der Waals surface area contributed by atoms with Crippen molar-refractivity contribution in [3.8, 4) is 0 Å². The zero-order chi connectivity index (χ0) is 21.2. The van der Waals surface area contributed by atoms with Crippen molar-refractivity contribution in [1.29, 1.82) is 0 Å². The summed E-state index contributed by atoms with van der Waals surface area (Å²) >= 11 is 0. The van der Waals surface area contributed by atoms with E-state index in [0.29, 0.717) is 10.8 Å². The van der Waals surface area contributed by atoms with Gasteiger partial charge in [0.05, 0.1) is 8.07 Å². The quantitative estimate of drug-likeness (QED) is 0.393. The molecular formula is C28H52Si. The number of fused-ring (bicyclic) bond motifs is 3. The molecule has 0 N–H and O–H groups in total. The van der Waals surface area contributed by atoms with Crippen LogP contribution in [-0.4, -0.2) is 8.07 Å². The van der Waals surface area contributed by atoms with Gasteiger partial charge in [0.25, 0.3) is 0 Å². The molecule has 6 unspecified atom stereocenters. The number of rotatable bonds is 2. The van der Waals surface area contributed by atoms with E-state index in [1.165, 1.54) is 25.7 Å². The van der Waals surface area contributed by atoms with Crippen LogP contribution in [0.2, 0.25) is 24.2 Å². The van der Waals surface area contributed by atoms with Crippen LogP contribution in [-0.2, 0) is 0 Å². The highest BCUT2D eigenvalue weighted by atomic mass is 28.3. The summed E-state index contributed by atoms with van der Waals surface area (Å²) in [5, 5.41) is 0. The summed E-state index contributed by atoms with van der Waals surface area (Å²) in [6.07, 6.45) is 15.6. The van der Waals surface area contributed by atoms with E-state index in [1.807, 2.05) is 0 Å². The molecule has 4 saturated carbocycles. The molecule has 7 atom stereocenters. The second-order valence-electron chi connectivity index (χ2n) is 14.7. The zero-order valence-corrected chi connectivity index (χ0v) is 22.2. The highest BCUT2D eigenvalue weighted by Gasteiger charge is 2.60. The van der Waals surface area contributed by atoms with E-state index in [9.17, 15) is 0 Å². The first-order chi connectivity index (χ1) is 13.4. The maximum atomic E-state index is 2.87. The highest BCUT2D eigenvalue weighted by molar-refractivity contribution is 6.80. The molecule has 0 aliphatic heterocycles. The summed E-state index contributed by atoms with van der Waals surface area (Å²) in [5.41, 5.74) is 3.29. The normalized spacial score (nSPS) is 42.0. The molecule has 0 radical (unpaired) electrons. The van der Waals surface area contributed by atoms with Crippen molar-refractivity contribution in [2.75, 3.05) is 0 Å². The molecule has 168 valence electrons. The molecule has 4 aliphatic rings. The third kappa shape index (κ3) is 4.05. The molecule has 4 rings (SSSR count). The summed E-state index contributed by atoms with van der Waals surface area (Å²) in [5.74, 6) is 6.31. The molecule has 4 aliphatic carbocycles. The Morgan fingerprint density at radius 1 is 0.552 bits per heavy atom. The lowest BCUT2D eigenvalue weighted by molar-refractivity contribution is 0.0722. The van der Waals surface area contributed by atoms with Gasteiger partial charge in [-0.05, 0) is 95.9 Å². The standard InChI is InChI=1S/C28H52Si/c1-27(2,3)19-13-15-22-23-16-14-20(28(4,5)6)18-25(23)26(24(22)17-19)29(7,8)21-11-9-10-12-21/h19-26H,9-18H2,1-8H3/t19-,20?,22?,23?,24?,25?,26?/m0/s1. The van der Waals surface area contributed by atoms with Crippen molar-refractivity contribution in [2.24, 2.45) is 46.3 Å². The highest BCUT2D eigenvalue weighted by Crippen LogP contribution is 2.68. The third-order valence-corrected chi connectivity index (χ3v) is 16.4. The fourth-order valence-corrected chi connectivity index (χ4v) is 14.7. The molecule has 0 aromatic carbocycles. The van der Waals surface area contributed by atoms with Crippen LogP contribution in [0.4, 0.5) is 0 Å². The van der Waals surface area contributed by atoms with Crippen molar-refractivity contribution >= 4 is 8.07 Å². The Labute approximate surface area is 184 Å². The van der Waals surface area contributed by atoms with Crippen LogP contribution >= 0.6 is 0 Å². The summed E-state index contributed by atoms with van der Waals surface area (Å²) in [6.45, 7) is 20.9. The lowest BCUT2D eigenvalue weighted by atomic mass is 9.62. The van der Waals surface area contributed by atoms with Gasteiger partial charge in [0.2, 0.25) is 0 Å². The van der Waals surface area contributed by atoms with Gasteiger partial charge in [-0.1, -0.05) is 80.3 Å². The minimum atomic E-state index is -1.23. The van der Waals surface area contributed by atoms with Gasteiger partial charge in [0.1, 0.15) is 0 Å². The van der Waals surface area contributed by atoms with Crippen molar-refractivity contribution in [3.63, 3.8) is 0 Å². The largest absolute Gasteiger partial charge is 0.0689 e. The Kier molecular flexibility index (Phi) is 5.92. The van der Waals surface area contributed by atoms with E-state index in [0.717, 1.165) is 46.6 Å². The predicted octanol–water partition coefficient (Wildman–Crippen LogP) is 9.18. The molecule has 0 aromatic rings. The zero-order valence-electron chi connectivity index (χ0n) is 21.2. The van der Waals surface area contributed by atoms with E-state index < -0.39 is 8.07 Å². The molecule has 0 heterocycles. The predicted molar refractivity (Wildman–Crippen MR) is 131 cm³/mol. The van der Waals surface area contributed by atoms with Crippen molar-refractivity contribution in [3.05, 3.63) is 0 Å². The number of hydrogen-bond acceptors (Lipinski definition) is 0. The van der Waals surface area contributed by atoms with Crippen LogP contribution in [0.1, 0.15) is 106 Å². The van der Waals surface area contributed by atoms with Gasteiger partial charge in [-0.2, -0.15) is 0 Å². The Balaban J connectivity index is 1.66. The molecule has 0 bridgehead atoms. The van der Waals surface area contributed by atoms with E-state index in [1.54, 1.807) is 38.5 Å². The van der Waals surface area contributed by atoms with E-state index in [-0.39, 0.29) is 0 Å². The van der Waals surface area contributed by atoms with Crippen LogP contribution in [0.15, 0.2) is 0 Å². The molecule has 0 nitrogen and oxygen atoms in total. The first-order valence-electron chi connectivity index (χ1n) is 13.4. The summed E-state index contributed by atoms with van der Waals surface area (Å²) in [7, 11) is -1.23. The summed E-state index contributed by atoms with van der Waals surface area (Å²) in [4.78, 5) is 0. The van der Waals surface area contributed by atoms with Crippen LogP contribution < -0.4 is 0 Å². The topological polar surface area (TPSA) is 0 Å². The molecule has 4 fully saturated rings. The molecule has 1 heteroatoms. The SMILES string of the molecule is CC(C)(C)C1CCC2C3CC[C@H](C(C)(C)C)CC3C([Si](C)(C)C3CCCC3)C2C1. The van der Waals surface area contributed by atoms with Gasteiger partial charge in [0, 0.05) is 0 Å². The van der Waals surface area contributed by atoms with Crippen molar-refractivity contribution in [1.82, 2.24) is 0 Å². The van der Waals surface area contributed by atoms with Gasteiger partial charge < -0.3 is 0 Å². The van der Waals surface area contributed by atoms with Crippen LogP contribution in [0, 0.1) is 46.3 Å². The third-order valence-electron chi connectivity index (χ3n) is 11.1. The van der Waals surface area contributed by atoms with Crippen LogP contribution in [0.5, 0.6) is 0 Å². The molecule has 0 aromatic heterocycles. The Bertz CT molecular complexity index is 532. The monoisotopic (exact) mass is 416 g/mol. The van der Waals surface area contributed by atoms with Gasteiger partial charge in [-0.3, -0.25) is 0 Å². The van der Waals surface area contributed by atoms with Gasteiger partial charge in [0.15, 0.2) is 0 Å². The van der Waals surface area contributed by atoms with Crippen molar-refractivity contribution in [2.45, 2.75) is 130 Å². The van der Waals surface area contributed by atoms with Crippen molar-refractivity contribution < 1.29 is 0 Å². The first-order valence-corrected chi connectivity index (χ1v) is 16.6. The van der Waals surface area contributed by atoms with Crippen LogP contribution in [0.25, 0.3) is 0 Å². The molecule has 29 heavy (non-hydrogen) atoms. The Morgan fingerprint density at radius 3 is 1.34 bits per heavy atom. The van der Waals surface area contributed by atoms with E-state index >= 15 is 0 Å². The minimum Gasteiger partial charge on any atom is -0.0689 e. The Morgan fingerprint density at radius 2 is 0.966 bits per heavy atom. The minimum absolute atomic E-state index is 0.510. The van der Waals surface area contributed by atoms with E-state index in [4.69, 9.17) is 0 Å². The maximum Gasteiger partial charge on any atom is 0.0541 e. The molecular weight excluding hydrogens is 364 g/mol. The smallest absolute Gasteiger partial charge is 0.0541 e. The lowest BCUT2D eigenvalue weighted by Crippen LogP contribution is -2.45. The lowest BCUT2D eigenvalue weighted by Gasteiger charge is -2.48. The molecule has 0 spiro atoms. The van der Waals surface area contributed by atoms with Gasteiger partial charge in [-0.25, -0.2) is 0 Å². The van der Waals surface area contributed by atoms with E-state index in [2.05, 4.69) is 54.6 Å². The first kappa shape index (κ1) is 22.4. The van der Waals surface area contributed by atoms with Crippen LogP contribution in [0.3, 0.4) is 0 Å². The summed E-state index contributed by atoms with van der Waals surface area (Å²) in [6, 6.07) is 0. The molecule has 0 amide bonds. The number of hydrogen-bond donors (Lipinski definition) is 0. The molecule has 0 saturated heterocycles. The fourth-order valence-electron chi connectivity index (χ4n) is 9.28. The second-order valence-corrected chi connectivity index (χ2v) is 19.9. The fraction of sp³-hybridized carbons (Fsp3) is 1.00. The average Bonchev–Trinajstić information content (AvgIpc) is 3.26.